The molecule has 0 aliphatic rings. The lowest BCUT2D eigenvalue weighted by Gasteiger charge is -2.22. The van der Waals surface area contributed by atoms with Crippen molar-refractivity contribution in [3.8, 4) is 0 Å². The number of anilines is 1. The van der Waals surface area contributed by atoms with Crippen LogP contribution in [0.15, 0.2) is 18.2 Å². The van der Waals surface area contributed by atoms with E-state index in [1.807, 2.05) is 13.1 Å². The van der Waals surface area contributed by atoms with Gasteiger partial charge in [0.15, 0.2) is 0 Å². The molecule has 0 unspecified atom stereocenters. The molecule has 15 heavy (non-hydrogen) atoms. The lowest BCUT2D eigenvalue weighted by molar-refractivity contribution is 0.608. The zero-order chi connectivity index (χ0) is 11.3. The normalized spacial score (nSPS) is 10.4. The number of halogens is 1. The van der Waals surface area contributed by atoms with E-state index < -0.39 is 0 Å². The Morgan fingerprint density at radius 3 is 2.73 bits per heavy atom. The number of rotatable bonds is 5. The van der Waals surface area contributed by atoms with E-state index >= 15 is 0 Å². The smallest absolute Gasteiger partial charge is 0.128 e. The summed E-state index contributed by atoms with van der Waals surface area (Å²) in [7, 11) is 1.98. The fraction of sp³-hybridized carbons (Fsp3) is 0.500. The summed E-state index contributed by atoms with van der Waals surface area (Å²) in [6.45, 7) is 3.52. The molecule has 2 nitrogen and oxygen atoms in total. The molecule has 0 aliphatic carbocycles. The van der Waals surface area contributed by atoms with Crippen molar-refractivity contribution >= 4 is 5.69 Å². The summed E-state index contributed by atoms with van der Waals surface area (Å²) in [5.74, 6) is -0.152. The van der Waals surface area contributed by atoms with Crippen LogP contribution < -0.4 is 10.6 Å². The molecule has 1 aromatic rings. The lowest BCUT2D eigenvalue weighted by atomic mass is 10.1. The van der Waals surface area contributed by atoms with Crippen LogP contribution in [-0.4, -0.2) is 20.1 Å². The quantitative estimate of drug-likeness (QED) is 0.807. The Morgan fingerprint density at radius 1 is 1.40 bits per heavy atom. The van der Waals surface area contributed by atoms with Gasteiger partial charge in [-0.15, -0.1) is 0 Å². The van der Waals surface area contributed by atoms with Crippen LogP contribution in [0.2, 0.25) is 0 Å². The first kappa shape index (κ1) is 12.0. The summed E-state index contributed by atoms with van der Waals surface area (Å²) in [5.41, 5.74) is 7.18. The van der Waals surface area contributed by atoms with Gasteiger partial charge in [0.1, 0.15) is 5.82 Å². The maximum atomic E-state index is 13.6. The minimum atomic E-state index is -0.152. The predicted octanol–water partition coefficient (Wildman–Crippen LogP) is 2.17. The highest BCUT2D eigenvalue weighted by molar-refractivity contribution is 5.53. The van der Waals surface area contributed by atoms with Gasteiger partial charge in [-0.05, 0) is 31.5 Å². The minimum Gasteiger partial charge on any atom is -0.374 e. The first-order valence-corrected chi connectivity index (χ1v) is 5.39. The first-order chi connectivity index (χ1) is 7.20. The van der Waals surface area contributed by atoms with Crippen LogP contribution >= 0.6 is 0 Å². The fourth-order valence-electron chi connectivity index (χ4n) is 1.75. The molecule has 0 bridgehead atoms. The van der Waals surface area contributed by atoms with Crippen molar-refractivity contribution in [1.29, 1.82) is 0 Å². The van der Waals surface area contributed by atoms with Crippen molar-refractivity contribution < 1.29 is 4.39 Å². The van der Waals surface area contributed by atoms with E-state index in [1.54, 1.807) is 6.07 Å². The Labute approximate surface area is 90.9 Å². The third kappa shape index (κ3) is 2.93. The lowest BCUT2D eigenvalue weighted by Crippen LogP contribution is -2.20. The second-order valence-electron chi connectivity index (χ2n) is 3.70. The van der Waals surface area contributed by atoms with Gasteiger partial charge in [-0.2, -0.15) is 0 Å². The molecular formula is C12H19FN2. The van der Waals surface area contributed by atoms with Crippen LogP contribution in [0.4, 0.5) is 10.1 Å². The van der Waals surface area contributed by atoms with Crippen LogP contribution in [-0.2, 0) is 6.42 Å². The molecule has 0 atom stereocenters. The van der Waals surface area contributed by atoms with E-state index in [-0.39, 0.29) is 5.82 Å². The monoisotopic (exact) mass is 210 g/mol. The van der Waals surface area contributed by atoms with E-state index in [0.717, 1.165) is 24.2 Å². The molecule has 84 valence electrons. The largest absolute Gasteiger partial charge is 0.374 e. The first-order valence-electron chi connectivity index (χ1n) is 5.39. The molecule has 0 spiro atoms. The summed E-state index contributed by atoms with van der Waals surface area (Å²) in [5, 5.41) is 0. The third-order valence-electron chi connectivity index (χ3n) is 2.46. The SMILES string of the molecule is CCCN(C)c1cccc(F)c1CCN. The van der Waals surface area contributed by atoms with Crippen molar-refractivity contribution in [2.24, 2.45) is 5.73 Å². The summed E-state index contributed by atoms with van der Waals surface area (Å²) in [6.07, 6.45) is 1.64. The molecule has 0 heterocycles. The van der Waals surface area contributed by atoms with Gasteiger partial charge < -0.3 is 10.6 Å². The Hall–Kier alpha value is -1.09. The van der Waals surface area contributed by atoms with E-state index in [1.165, 1.54) is 6.07 Å². The number of benzene rings is 1. The molecule has 0 radical (unpaired) electrons. The van der Waals surface area contributed by atoms with E-state index in [4.69, 9.17) is 5.73 Å². The van der Waals surface area contributed by atoms with Gasteiger partial charge >= 0.3 is 0 Å². The molecule has 1 rings (SSSR count). The fourth-order valence-corrected chi connectivity index (χ4v) is 1.75. The molecule has 2 N–H and O–H groups in total. The minimum absolute atomic E-state index is 0.152. The highest BCUT2D eigenvalue weighted by atomic mass is 19.1. The molecule has 3 heteroatoms. The highest BCUT2D eigenvalue weighted by Crippen LogP contribution is 2.22. The van der Waals surface area contributed by atoms with Crippen molar-refractivity contribution in [2.45, 2.75) is 19.8 Å². The number of nitrogens with zero attached hydrogens (tertiary/aromatic N) is 1. The van der Waals surface area contributed by atoms with Crippen LogP contribution in [0.5, 0.6) is 0 Å². The predicted molar refractivity (Wildman–Crippen MR) is 62.7 cm³/mol. The van der Waals surface area contributed by atoms with Crippen LogP contribution in [0.1, 0.15) is 18.9 Å². The van der Waals surface area contributed by atoms with Crippen LogP contribution in [0, 0.1) is 5.82 Å². The van der Waals surface area contributed by atoms with Gasteiger partial charge in [0.25, 0.3) is 0 Å². The number of nitrogens with two attached hydrogens (primary N) is 1. The Morgan fingerprint density at radius 2 is 2.13 bits per heavy atom. The number of hydrogen-bond donors (Lipinski definition) is 1. The van der Waals surface area contributed by atoms with E-state index in [2.05, 4.69) is 11.8 Å². The molecule has 0 aliphatic heterocycles. The second kappa shape index (κ2) is 5.71. The molecule has 1 aromatic carbocycles. The van der Waals surface area contributed by atoms with Gasteiger partial charge in [-0.1, -0.05) is 13.0 Å². The van der Waals surface area contributed by atoms with E-state index in [9.17, 15) is 4.39 Å². The Bertz CT molecular complexity index is 312. The van der Waals surface area contributed by atoms with Gasteiger partial charge in [0, 0.05) is 24.8 Å². The zero-order valence-corrected chi connectivity index (χ0v) is 9.46. The van der Waals surface area contributed by atoms with Crippen molar-refractivity contribution in [3.63, 3.8) is 0 Å². The summed E-state index contributed by atoms with van der Waals surface area (Å²) in [6, 6.07) is 5.19. The standard InChI is InChI=1S/C12H19FN2/c1-3-9-15(2)12-6-4-5-11(13)10(12)7-8-14/h4-6H,3,7-9,14H2,1-2H3. The summed E-state index contributed by atoms with van der Waals surface area (Å²) < 4.78 is 13.6. The van der Waals surface area contributed by atoms with Gasteiger partial charge in [0.05, 0.1) is 0 Å². The van der Waals surface area contributed by atoms with Crippen LogP contribution in [0.3, 0.4) is 0 Å². The summed E-state index contributed by atoms with van der Waals surface area (Å²) in [4.78, 5) is 2.08. The van der Waals surface area contributed by atoms with Gasteiger partial charge in [0.2, 0.25) is 0 Å². The van der Waals surface area contributed by atoms with Gasteiger partial charge in [-0.25, -0.2) is 4.39 Å². The van der Waals surface area contributed by atoms with Crippen molar-refractivity contribution in [1.82, 2.24) is 0 Å². The highest BCUT2D eigenvalue weighted by Gasteiger charge is 2.10. The average molecular weight is 210 g/mol. The number of hydrogen-bond acceptors (Lipinski definition) is 2. The van der Waals surface area contributed by atoms with Gasteiger partial charge in [-0.3, -0.25) is 0 Å². The molecule has 0 saturated heterocycles. The van der Waals surface area contributed by atoms with Crippen molar-refractivity contribution in [2.75, 3.05) is 25.0 Å². The maximum Gasteiger partial charge on any atom is 0.128 e. The maximum absolute atomic E-state index is 13.6. The second-order valence-corrected chi connectivity index (χ2v) is 3.70. The zero-order valence-electron chi connectivity index (χ0n) is 9.46. The topological polar surface area (TPSA) is 29.3 Å². The molecule has 0 saturated carbocycles. The Kier molecular flexibility index (Phi) is 4.56. The Balaban J connectivity index is 2.99. The van der Waals surface area contributed by atoms with Crippen LogP contribution in [0.25, 0.3) is 0 Å². The molecule has 0 amide bonds. The molecule has 0 fully saturated rings. The molecular weight excluding hydrogens is 191 g/mol. The van der Waals surface area contributed by atoms with Crippen molar-refractivity contribution in [3.05, 3.63) is 29.6 Å². The summed E-state index contributed by atoms with van der Waals surface area (Å²) >= 11 is 0. The average Bonchev–Trinajstić information content (AvgIpc) is 2.21. The van der Waals surface area contributed by atoms with E-state index in [0.29, 0.717) is 13.0 Å². The third-order valence-corrected chi connectivity index (χ3v) is 2.46. The molecule has 0 aromatic heterocycles.